The van der Waals surface area contributed by atoms with Crippen LogP contribution in [0.2, 0.25) is 5.02 Å². The molecule has 1 aromatic heterocycles. The van der Waals surface area contributed by atoms with Crippen LogP contribution in [0.3, 0.4) is 0 Å². The largest absolute Gasteiger partial charge is 0.481 e. The zero-order valence-corrected chi connectivity index (χ0v) is 9.67. The maximum atomic E-state index is 11.6. The number of carboxylic acid groups (broad SMARTS) is 1. The van der Waals surface area contributed by atoms with Crippen LogP contribution in [0, 0.1) is 0 Å². The quantitative estimate of drug-likeness (QED) is 0.849. The van der Waals surface area contributed by atoms with Gasteiger partial charge in [-0.3, -0.25) is 9.59 Å². The predicted octanol–water partition coefficient (Wildman–Crippen LogP) is 1.92. The molecule has 0 aromatic carbocycles. The van der Waals surface area contributed by atoms with E-state index in [1.807, 2.05) is 0 Å². The number of nitrogens with one attached hydrogen (secondary N) is 1. The zero-order chi connectivity index (χ0) is 12.3. The van der Waals surface area contributed by atoms with Gasteiger partial charge < -0.3 is 14.8 Å². The molecule has 0 fully saturated rings. The lowest BCUT2D eigenvalue weighted by Crippen LogP contribution is -2.44. The van der Waals surface area contributed by atoms with Crippen LogP contribution in [0.4, 0.5) is 0 Å². The van der Waals surface area contributed by atoms with Crippen LogP contribution in [0.1, 0.15) is 30.8 Å². The van der Waals surface area contributed by atoms with Gasteiger partial charge in [-0.05, 0) is 13.8 Å². The molecule has 1 heterocycles. The Hall–Kier alpha value is -1.49. The molecule has 16 heavy (non-hydrogen) atoms. The first-order chi connectivity index (χ1) is 7.30. The smallest absolute Gasteiger partial charge is 0.305 e. The highest BCUT2D eigenvalue weighted by Gasteiger charge is 2.25. The minimum absolute atomic E-state index is 0.0588. The number of carboxylic acids is 1. The summed E-state index contributed by atoms with van der Waals surface area (Å²) in [5.41, 5.74) is -0.845. The van der Waals surface area contributed by atoms with E-state index >= 15 is 0 Å². The van der Waals surface area contributed by atoms with E-state index in [-0.39, 0.29) is 12.2 Å². The van der Waals surface area contributed by atoms with Gasteiger partial charge >= 0.3 is 5.97 Å². The fourth-order valence-corrected chi connectivity index (χ4v) is 1.37. The molecule has 0 spiro atoms. The Bertz CT molecular complexity index is 411. The van der Waals surface area contributed by atoms with Gasteiger partial charge in [-0.25, -0.2) is 0 Å². The van der Waals surface area contributed by atoms with Gasteiger partial charge in [-0.2, -0.15) is 0 Å². The number of rotatable bonds is 4. The first kappa shape index (κ1) is 12.6. The number of carbonyl (C=O) groups is 2. The highest BCUT2D eigenvalue weighted by molar-refractivity contribution is 6.30. The van der Waals surface area contributed by atoms with Gasteiger partial charge in [0.25, 0.3) is 5.91 Å². The van der Waals surface area contributed by atoms with E-state index in [1.54, 1.807) is 13.8 Å². The minimum atomic E-state index is -0.984. The molecule has 5 nitrogen and oxygen atoms in total. The number of hydrogen-bond donors (Lipinski definition) is 2. The van der Waals surface area contributed by atoms with Gasteiger partial charge in [-0.1, -0.05) is 11.6 Å². The van der Waals surface area contributed by atoms with E-state index in [4.69, 9.17) is 21.1 Å². The van der Waals surface area contributed by atoms with Crippen molar-refractivity contribution in [3.05, 3.63) is 23.1 Å². The average molecular weight is 246 g/mol. The number of aliphatic carboxylic acids is 1. The third-order valence-corrected chi connectivity index (χ3v) is 2.03. The van der Waals surface area contributed by atoms with Crippen molar-refractivity contribution in [2.75, 3.05) is 0 Å². The van der Waals surface area contributed by atoms with Gasteiger partial charge in [0, 0.05) is 11.6 Å². The second-order valence-electron chi connectivity index (χ2n) is 4.04. The molecule has 0 bridgehead atoms. The zero-order valence-electron chi connectivity index (χ0n) is 8.91. The molecule has 0 radical (unpaired) electrons. The van der Waals surface area contributed by atoms with Gasteiger partial charge in [0.1, 0.15) is 6.26 Å². The Morgan fingerprint density at radius 2 is 2.19 bits per heavy atom. The third kappa shape index (κ3) is 3.58. The van der Waals surface area contributed by atoms with E-state index in [0.29, 0.717) is 5.02 Å². The van der Waals surface area contributed by atoms with E-state index < -0.39 is 17.4 Å². The predicted molar refractivity (Wildman–Crippen MR) is 57.5 cm³/mol. The third-order valence-electron chi connectivity index (χ3n) is 1.84. The lowest BCUT2D eigenvalue weighted by atomic mass is 10.0. The maximum absolute atomic E-state index is 11.6. The van der Waals surface area contributed by atoms with Gasteiger partial charge in [0.2, 0.25) is 0 Å². The summed E-state index contributed by atoms with van der Waals surface area (Å²) < 4.78 is 4.89. The molecule has 1 amide bonds. The van der Waals surface area contributed by atoms with Gasteiger partial charge in [0.05, 0.1) is 11.4 Å². The molecule has 0 unspecified atom stereocenters. The van der Waals surface area contributed by atoms with Crippen LogP contribution < -0.4 is 5.32 Å². The molecule has 1 aromatic rings. The first-order valence-electron chi connectivity index (χ1n) is 4.58. The lowest BCUT2D eigenvalue weighted by molar-refractivity contribution is -0.138. The monoisotopic (exact) mass is 245 g/mol. The summed E-state index contributed by atoms with van der Waals surface area (Å²) in [6, 6.07) is 1.37. The topological polar surface area (TPSA) is 79.5 Å². The molecular weight excluding hydrogens is 234 g/mol. The number of amides is 1. The summed E-state index contributed by atoms with van der Waals surface area (Å²) in [5, 5.41) is 11.5. The number of hydrogen-bond acceptors (Lipinski definition) is 3. The Morgan fingerprint density at radius 3 is 2.62 bits per heavy atom. The van der Waals surface area contributed by atoms with E-state index in [1.165, 1.54) is 12.3 Å². The van der Waals surface area contributed by atoms with Crippen LogP contribution >= 0.6 is 11.6 Å². The molecule has 88 valence electrons. The molecular formula is C10H12ClNO4. The summed E-state index contributed by atoms with van der Waals surface area (Å²) in [4.78, 5) is 22.1. The average Bonchev–Trinajstić information content (AvgIpc) is 2.47. The van der Waals surface area contributed by atoms with Crippen molar-refractivity contribution in [3.63, 3.8) is 0 Å². The van der Waals surface area contributed by atoms with Crippen molar-refractivity contribution in [2.24, 2.45) is 0 Å². The molecule has 0 aliphatic rings. The lowest BCUT2D eigenvalue weighted by Gasteiger charge is -2.23. The van der Waals surface area contributed by atoms with Crippen LogP contribution in [-0.2, 0) is 4.79 Å². The van der Waals surface area contributed by atoms with Crippen molar-refractivity contribution >= 4 is 23.5 Å². The standard InChI is InChI=1S/C10H12ClNO4/c1-10(2,4-8(13)14)12-9(15)7-3-6(11)5-16-7/h3,5H,4H2,1-2H3,(H,12,15)(H,13,14). The van der Waals surface area contributed by atoms with Crippen LogP contribution in [-0.4, -0.2) is 22.5 Å². The molecule has 2 N–H and O–H groups in total. The molecule has 6 heteroatoms. The second kappa shape index (κ2) is 4.57. The van der Waals surface area contributed by atoms with E-state index in [0.717, 1.165) is 0 Å². The normalized spacial score (nSPS) is 11.2. The SMILES string of the molecule is CC(C)(CC(=O)O)NC(=O)c1cc(Cl)co1. The van der Waals surface area contributed by atoms with Crippen molar-refractivity contribution in [3.8, 4) is 0 Å². The van der Waals surface area contributed by atoms with Crippen molar-refractivity contribution in [1.29, 1.82) is 0 Å². The fourth-order valence-electron chi connectivity index (χ4n) is 1.22. The summed E-state index contributed by atoms with van der Waals surface area (Å²) in [6.45, 7) is 3.23. The molecule has 0 saturated carbocycles. The summed E-state index contributed by atoms with van der Waals surface area (Å²) in [5.74, 6) is -1.41. The molecule has 0 saturated heterocycles. The summed E-state index contributed by atoms with van der Waals surface area (Å²) in [6.07, 6.45) is 1.06. The Balaban J connectivity index is 2.67. The summed E-state index contributed by atoms with van der Waals surface area (Å²) >= 11 is 5.59. The number of halogens is 1. The first-order valence-corrected chi connectivity index (χ1v) is 4.96. The number of furan rings is 1. The van der Waals surface area contributed by atoms with Gasteiger partial charge in [-0.15, -0.1) is 0 Å². The van der Waals surface area contributed by atoms with Crippen LogP contribution in [0.25, 0.3) is 0 Å². The van der Waals surface area contributed by atoms with E-state index in [2.05, 4.69) is 5.32 Å². The number of carbonyl (C=O) groups excluding carboxylic acids is 1. The highest BCUT2D eigenvalue weighted by atomic mass is 35.5. The molecule has 0 aliphatic heterocycles. The van der Waals surface area contributed by atoms with Crippen molar-refractivity contribution < 1.29 is 19.1 Å². The molecule has 0 atom stereocenters. The fraction of sp³-hybridized carbons (Fsp3) is 0.400. The van der Waals surface area contributed by atoms with Crippen molar-refractivity contribution in [2.45, 2.75) is 25.8 Å². The molecule has 1 rings (SSSR count). The van der Waals surface area contributed by atoms with Crippen LogP contribution in [0.15, 0.2) is 16.7 Å². The Labute approximate surface area is 97.4 Å². The second-order valence-corrected chi connectivity index (χ2v) is 4.47. The Kier molecular flexibility index (Phi) is 3.59. The highest BCUT2D eigenvalue weighted by Crippen LogP contribution is 2.15. The van der Waals surface area contributed by atoms with Gasteiger partial charge in [0.15, 0.2) is 5.76 Å². The summed E-state index contributed by atoms with van der Waals surface area (Å²) in [7, 11) is 0. The van der Waals surface area contributed by atoms with E-state index in [9.17, 15) is 9.59 Å². The minimum Gasteiger partial charge on any atom is -0.481 e. The molecule has 0 aliphatic carbocycles. The maximum Gasteiger partial charge on any atom is 0.305 e. The Morgan fingerprint density at radius 1 is 1.56 bits per heavy atom. The van der Waals surface area contributed by atoms with Crippen molar-refractivity contribution in [1.82, 2.24) is 5.32 Å². The van der Waals surface area contributed by atoms with Crippen LogP contribution in [0.5, 0.6) is 0 Å².